The number of sulfonamides is 1. The Morgan fingerprint density at radius 3 is 2.57 bits per heavy atom. The van der Waals surface area contributed by atoms with Crippen molar-refractivity contribution in [2.75, 3.05) is 5.32 Å². The molecule has 3 rings (SSSR count). The van der Waals surface area contributed by atoms with E-state index in [0.717, 1.165) is 23.8 Å². The monoisotopic (exact) mass is 403 g/mol. The highest BCUT2D eigenvalue weighted by molar-refractivity contribution is 7.89. The summed E-state index contributed by atoms with van der Waals surface area (Å²) in [5.74, 6) is -0.674. The van der Waals surface area contributed by atoms with E-state index in [1.807, 2.05) is 30.3 Å². The third-order valence-electron chi connectivity index (χ3n) is 4.05. The molecule has 0 aliphatic carbocycles. The van der Waals surface area contributed by atoms with Crippen LogP contribution in [-0.2, 0) is 21.4 Å². The van der Waals surface area contributed by atoms with E-state index in [1.165, 1.54) is 6.92 Å². The molecule has 0 spiro atoms. The molecule has 0 fully saturated rings. The number of carbonyl (C=O) groups is 1. The minimum Gasteiger partial charge on any atom is -0.356 e. The summed E-state index contributed by atoms with van der Waals surface area (Å²) in [5.41, 5.74) is 1.78. The summed E-state index contributed by atoms with van der Waals surface area (Å²) in [6.45, 7) is 2.89. The van der Waals surface area contributed by atoms with Crippen LogP contribution >= 0.6 is 0 Å². The number of halogens is 1. The standard InChI is InChI=1S/C19H18FN3O4S/c1-12-18(23-27-19(12)14-6-4-3-5-7-14)11-21-28(25,26)15-8-9-16(20)17(10-15)22-13(2)24/h3-10,21H,11H2,1-2H3,(H,22,24). The Hall–Kier alpha value is -3.04. The van der Waals surface area contributed by atoms with Gasteiger partial charge in [-0.05, 0) is 25.1 Å². The normalized spacial score (nSPS) is 11.4. The van der Waals surface area contributed by atoms with Gasteiger partial charge in [-0.1, -0.05) is 35.5 Å². The molecule has 2 aromatic carbocycles. The van der Waals surface area contributed by atoms with Gasteiger partial charge in [0.15, 0.2) is 5.76 Å². The van der Waals surface area contributed by atoms with E-state index < -0.39 is 21.7 Å². The van der Waals surface area contributed by atoms with Crippen LogP contribution in [0.1, 0.15) is 18.2 Å². The van der Waals surface area contributed by atoms with Gasteiger partial charge in [0, 0.05) is 18.1 Å². The van der Waals surface area contributed by atoms with Gasteiger partial charge in [-0.2, -0.15) is 0 Å². The summed E-state index contributed by atoms with van der Waals surface area (Å²) in [6, 6.07) is 12.5. The Labute approximate surface area is 161 Å². The van der Waals surface area contributed by atoms with Crippen LogP contribution in [0.25, 0.3) is 11.3 Å². The van der Waals surface area contributed by atoms with E-state index in [4.69, 9.17) is 4.52 Å². The molecule has 0 bridgehead atoms. The first-order chi connectivity index (χ1) is 13.3. The lowest BCUT2D eigenvalue weighted by atomic mass is 10.1. The van der Waals surface area contributed by atoms with Gasteiger partial charge in [0.05, 0.1) is 17.1 Å². The van der Waals surface area contributed by atoms with Gasteiger partial charge in [0.2, 0.25) is 15.9 Å². The van der Waals surface area contributed by atoms with Crippen LogP contribution in [0, 0.1) is 12.7 Å². The molecule has 1 aromatic heterocycles. The third-order valence-corrected chi connectivity index (χ3v) is 5.44. The number of aromatic nitrogens is 1. The topological polar surface area (TPSA) is 101 Å². The zero-order valence-electron chi connectivity index (χ0n) is 15.2. The second kappa shape index (κ2) is 7.91. The lowest BCUT2D eigenvalue weighted by Gasteiger charge is -2.09. The molecule has 9 heteroatoms. The number of benzene rings is 2. The maximum absolute atomic E-state index is 13.7. The van der Waals surface area contributed by atoms with Crippen LogP contribution < -0.4 is 10.0 Å². The lowest BCUT2D eigenvalue weighted by Crippen LogP contribution is -2.24. The van der Waals surface area contributed by atoms with E-state index in [0.29, 0.717) is 17.0 Å². The molecule has 2 N–H and O–H groups in total. The number of anilines is 1. The average Bonchev–Trinajstić information content (AvgIpc) is 3.03. The SMILES string of the molecule is CC(=O)Nc1cc(S(=O)(=O)NCc2noc(-c3ccccc3)c2C)ccc1F. The van der Waals surface area contributed by atoms with Gasteiger partial charge in [-0.25, -0.2) is 17.5 Å². The minimum atomic E-state index is -3.96. The van der Waals surface area contributed by atoms with Crippen LogP contribution in [0.15, 0.2) is 57.9 Å². The summed E-state index contributed by atoms with van der Waals surface area (Å²) < 4.78 is 46.6. The van der Waals surface area contributed by atoms with Crippen molar-refractivity contribution in [3.8, 4) is 11.3 Å². The fourth-order valence-electron chi connectivity index (χ4n) is 2.60. The second-order valence-corrected chi connectivity index (χ2v) is 7.86. The van der Waals surface area contributed by atoms with Crippen molar-refractivity contribution < 1.29 is 22.1 Å². The number of amides is 1. The van der Waals surface area contributed by atoms with E-state index in [1.54, 1.807) is 6.92 Å². The maximum Gasteiger partial charge on any atom is 0.241 e. The average molecular weight is 403 g/mol. The van der Waals surface area contributed by atoms with Gasteiger partial charge in [0.25, 0.3) is 0 Å². The van der Waals surface area contributed by atoms with Crippen molar-refractivity contribution in [1.82, 2.24) is 9.88 Å². The molecule has 0 unspecified atom stereocenters. The fourth-order valence-corrected chi connectivity index (χ4v) is 3.61. The van der Waals surface area contributed by atoms with Crippen molar-refractivity contribution in [2.24, 2.45) is 0 Å². The number of carbonyl (C=O) groups excluding carboxylic acids is 1. The Balaban J connectivity index is 1.79. The summed E-state index contributed by atoms with van der Waals surface area (Å²) in [7, 11) is -3.96. The van der Waals surface area contributed by atoms with E-state index in [-0.39, 0.29) is 17.1 Å². The van der Waals surface area contributed by atoms with Gasteiger partial charge in [-0.3, -0.25) is 4.79 Å². The highest BCUT2D eigenvalue weighted by Crippen LogP contribution is 2.26. The molecule has 0 saturated carbocycles. The molecule has 3 aromatic rings. The van der Waals surface area contributed by atoms with Crippen LogP contribution in [0.3, 0.4) is 0 Å². The molecule has 0 atom stereocenters. The number of hydrogen-bond donors (Lipinski definition) is 2. The highest BCUT2D eigenvalue weighted by atomic mass is 32.2. The molecule has 146 valence electrons. The van der Waals surface area contributed by atoms with Gasteiger partial charge >= 0.3 is 0 Å². The molecule has 1 amide bonds. The third kappa shape index (κ3) is 4.26. The van der Waals surface area contributed by atoms with Crippen LogP contribution in [0.5, 0.6) is 0 Å². The summed E-state index contributed by atoms with van der Waals surface area (Å²) >= 11 is 0. The van der Waals surface area contributed by atoms with E-state index in [2.05, 4.69) is 15.2 Å². The van der Waals surface area contributed by atoms with Gasteiger partial charge in [-0.15, -0.1) is 0 Å². The molecular weight excluding hydrogens is 385 g/mol. The number of nitrogens with zero attached hydrogens (tertiary/aromatic N) is 1. The number of hydrogen-bond acceptors (Lipinski definition) is 5. The largest absolute Gasteiger partial charge is 0.356 e. The molecular formula is C19H18FN3O4S. The number of rotatable bonds is 6. The zero-order chi connectivity index (χ0) is 20.3. The summed E-state index contributed by atoms with van der Waals surface area (Å²) in [5, 5.41) is 6.20. The number of nitrogens with one attached hydrogen (secondary N) is 2. The Morgan fingerprint density at radius 2 is 1.89 bits per heavy atom. The first-order valence-electron chi connectivity index (χ1n) is 8.35. The second-order valence-electron chi connectivity index (χ2n) is 6.10. The highest BCUT2D eigenvalue weighted by Gasteiger charge is 2.19. The van der Waals surface area contributed by atoms with Crippen LogP contribution in [0.2, 0.25) is 0 Å². The van der Waals surface area contributed by atoms with Crippen molar-refractivity contribution in [3.63, 3.8) is 0 Å². The Morgan fingerprint density at radius 1 is 1.18 bits per heavy atom. The van der Waals surface area contributed by atoms with Gasteiger partial charge in [0.1, 0.15) is 11.5 Å². The van der Waals surface area contributed by atoms with Crippen molar-refractivity contribution in [2.45, 2.75) is 25.3 Å². The fraction of sp³-hybridized carbons (Fsp3) is 0.158. The maximum atomic E-state index is 13.7. The lowest BCUT2D eigenvalue weighted by molar-refractivity contribution is -0.114. The minimum absolute atomic E-state index is 0.0999. The molecule has 28 heavy (non-hydrogen) atoms. The summed E-state index contributed by atoms with van der Waals surface area (Å²) in [4.78, 5) is 11.0. The first kappa shape index (κ1) is 19.7. The molecule has 0 radical (unpaired) electrons. The zero-order valence-corrected chi connectivity index (χ0v) is 16.0. The smallest absolute Gasteiger partial charge is 0.241 e. The quantitative estimate of drug-likeness (QED) is 0.658. The predicted octanol–water partition coefficient (Wildman–Crippen LogP) is 3.23. The van der Waals surface area contributed by atoms with Crippen molar-refractivity contribution in [3.05, 3.63) is 65.6 Å². The first-order valence-corrected chi connectivity index (χ1v) is 9.83. The summed E-state index contributed by atoms with van der Waals surface area (Å²) in [6.07, 6.45) is 0. The van der Waals surface area contributed by atoms with E-state index >= 15 is 0 Å². The van der Waals surface area contributed by atoms with Gasteiger partial charge < -0.3 is 9.84 Å². The van der Waals surface area contributed by atoms with Crippen LogP contribution in [0.4, 0.5) is 10.1 Å². The Bertz CT molecular complexity index is 1110. The molecule has 1 heterocycles. The van der Waals surface area contributed by atoms with Crippen LogP contribution in [-0.4, -0.2) is 19.5 Å². The molecule has 0 aliphatic heterocycles. The molecule has 0 aliphatic rings. The Kier molecular flexibility index (Phi) is 5.57. The van der Waals surface area contributed by atoms with Crippen molar-refractivity contribution >= 4 is 21.6 Å². The van der Waals surface area contributed by atoms with E-state index in [9.17, 15) is 17.6 Å². The van der Waals surface area contributed by atoms with Crippen molar-refractivity contribution in [1.29, 1.82) is 0 Å². The molecule has 7 nitrogen and oxygen atoms in total. The molecule has 0 saturated heterocycles. The predicted molar refractivity (Wildman–Crippen MR) is 101 cm³/mol.